The van der Waals surface area contributed by atoms with Gasteiger partial charge in [-0.2, -0.15) is 0 Å². The molecule has 4 nitrogen and oxygen atoms in total. The highest BCUT2D eigenvalue weighted by molar-refractivity contribution is 8.00. The number of hydrogen-bond donors (Lipinski definition) is 0. The molecule has 0 atom stereocenters. The lowest BCUT2D eigenvalue weighted by atomic mass is 10.3. The topological polar surface area (TPSA) is 44.2 Å². The van der Waals surface area contributed by atoms with E-state index >= 15 is 0 Å². The van der Waals surface area contributed by atoms with E-state index in [-0.39, 0.29) is 0 Å². The van der Waals surface area contributed by atoms with Crippen molar-refractivity contribution >= 4 is 34.6 Å². The summed E-state index contributed by atoms with van der Waals surface area (Å²) in [4.78, 5) is 13.9. The number of rotatable bonds is 6. The number of ether oxygens (including phenoxy) is 2. The van der Waals surface area contributed by atoms with E-state index in [0.29, 0.717) is 0 Å². The van der Waals surface area contributed by atoms with Crippen molar-refractivity contribution in [2.24, 2.45) is 0 Å². The monoisotopic (exact) mass is 420 g/mol. The minimum absolute atomic E-state index is 0.848. The summed E-state index contributed by atoms with van der Waals surface area (Å²) in [6, 6.07) is 20.3. The average Bonchev–Trinajstić information content (AvgIpc) is 2.76. The van der Waals surface area contributed by atoms with Gasteiger partial charge in [-0.15, -0.1) is 0 Å². The Morgan fingerprint density at radius 2 is 1.14 bits per heavy atom. The zero-order chi connectivity index (χ0) is 20.2. The highest BCUT2D eigenvalue weighted by Gasteiger charge is 2.12. The molecular weight excluding hydrogens is 400 g/mol. The van der Waals surface area contributed by atoms with Crippen LogP contribution < -0.4 is 9.47 Å². The second-order valence-corrected chi connectivity index (χ2v) is 8.56. The molecule has 0 spiro atoms. The van der Waals surface area contributed by atoms with Crippen LogP contribution in [-0.4, -0.2) is 24.2 Å². The van der Waals surface area contributed by atoms with Crippen LogP contribution in [0.15, 0.2) is 86.4 Å². The van der Waals surface area contributed by atoms with Crippen molar-refractivity contribution in [3.05, 3.63) is 72.6 Å². The lowest BCUT2D eigenvalue weighted by molar-refractivity contribution is 0.414. The molecule has 0 bridgehead atoms. The van der Waals surface area contributed by atoms with E-state index in [1.807, 2.05) is 37.4 Å². The van der Waals surface area contributed by atoms with Gasteiger partial charge < -0.3 is 9.47 Å². The van der Waals surface area contributed by atoms with Gasteiger partial charge in [0.1, 0.15) is 22.5 Å². The average molecular weight is 421 g/mol. The first kappa shape index (κ1) is 19.6. The third-order valence-electron chi connectivity index (χ3n) is 4.32. The fraction of sp³-hybridized carbons (Fsp3) is 0.130. The van der Waals surface area contributed by atoms with Crippen LogP contribution in [0.5, 0.6) is 11.5 Å². The zero-order valence-corrected chi connectivity index (χ0v) is 18.0. The Bertz CT molecular complexity index is 1130. The fourth-order valence-corrected chi connectivity index (χ4v) is 4.65. The quantitative estimate of drug-likeness (QED) is 0.367. The van der Waals surface area contributed by atoms with Crippen molar-refractivity contribution in [1.82, 2.24) is 9.97 Å². The third-order valence-corrected chi connectivity index (χ3v) is 6.43. The summed E-state index contributed by atoms with van der Waals surface area (Å²) >= 11 is 3.36. The number of fused-ring (bicyclic) bond motifs is 1. The minimum Gasteiger partial charge on any atom is -0.497 e. The van der Waals surface area contributed by atoms with Crippen molar-refractivity contribution in [2.45, 2.75) is 26.5 Å². The number of hydrogen-bond acceptors (Lipinski definition) is 6. The van der Waals surface area contributed by atoms with E-state index in [1.165, 1.54) is 0 Å². The van der Waals surface area contributed by atoms with E-state index in [4.69, 9.17) is 19.4 Å². The maximum Gasteiger partial charge on any atom is 0.118 e. The summed E-state index contributed by atoms with van der Waals surface area (Å²) in [5.41, 5.74) is 2.74. The predicted molar refractivity (Wildman–Crippen MR) is 119 cm³/mol. The number of benzene rings is 3. The molecule has 0 radical (unpaired) electrons. The van der Waals surface area contributed by atoms with Gasteiger partial charge in [-0.3, -0.25) is 4.98 Å². The Hall–Kier alpha value is -2.70. The number of aryl methyl sites for hydroxylation is 1. The number of aromatic nitrogens is 2. The summed E-state index contributed by atoms with van der Waals surface area (Å²) in [7, 11) is 3.35. The second-order valence-electron chi connectivity index (χ2n) is 6.33. The van der Waals surface area contributed by atoms with Gasteiger partial charge in [0.2, 0.25) is 0 Å². The van der Waals surface area contributed by atoms with Crippen LogP contribution in [0.25, 0.3) is 11.0 Å². The molecule has 0 amide bonds. The molecule has 4 aromatic rings. The maximum atomic E-state index is 5.25. The summed E-state index contributed by atoms with van der Waals surface area (Å²) in [6.07, 6.45) is 1.82. The fourth-order valence-electron chi connectivity index (χ4n) is 2.84. The van der Waals surface area contributed by atoms with Crippen molar-refractivity contribution in [3.8, 4) is 11.5 Å². The van der Waals surface area contributed by atoms with Crippen LogP contribution >= 0.6 is 23.5 Å². The van der Waals surface area contributed by atoms with Crippen LogP contribution in [0, 0.1) is 6.92 Å². The van der Waals surface area contributed by atoms with Crippen LogP contribution in [0.1, 0.15) is 5.69 Å². The Balaban J connectivity index is 1.69. The van der Waals surface area contributed by atoms with Gasteiger partial charge in [-0.25, -0.2) is 4.98 Å². The summed E-state index contributed by atoms with van der Waals surface area (Å²) in [6.45, 7) is 1.97. The van der Waals surface area contributed by atoms with Crippen molar-refractivity contribution < 1.29 is 9.47 Å². The predicted octanol–water partition coefficient (Wildman–Crippen LogP) is 6.26. The molecule has 1 aromatic heterocycles. The van der Waals surface area contributed by atoms with Crippen molar-refractivity contribution in [1.29, 1.82) is 0 Å². The molecule has 0 saturated carbocycles. The van der Waals surface area contributed by atoms with Crippen LogP contribution in [0.2, 0.25) is 0 Å². The first-order valence-corrected chi connectivity index (χ1v) is 10.7. The molecule has 0 aliphatic heterocycles. The molecule has 3 aromatic carbocycles. The first-order valence-electron chi connectivity index (χ1n) is 9.06. The number of nitrogens with zero attached hydrogens (tertiary/aromatic N) is 2. The van der Waals surface area contributed by atoms with E-state index in [1.54, 1.807) is 37.7 Å². The number of methoxy groups -OCH3 is 2. The molecule has 29 heavy (non-hydrogen) atoms. The zero-order valence-electron chi connectivity index (χ0n) is 16.4. The molecule has 0 aliphatic rings. The second kappa shape index (κ2) is 8.76. The Morgan fingerprint density at radius 1 is 0.655 bits per heavy atom. The van der Waals surface area contributed by atoms with E-state index in [9.17, 15) is 0 Å². The Morgan fingerprint density at radius 3 is 1.62 bits per heavy atom. The molecule has 146 valence electrons. The molecule has 0 fully saturated rings. The normalized spacial score (nSPS) is 10.9. The standard InChI is InChI=1S/C23H20N2O2S2/c1-15-14-24-22-20(28-18-8-4-16(26-2)5-9-18)12-13-21(23(22)25-15)29-19-10-6-17(27-3)7-11-19/h4-14H,1-3H3. The van der Waals surface area contributed by atoms with Crippen LogP contribution in [0.3, 0.4) is 0 Å². The van der Waals surface area contributed by atoms with Crippen molar-refractivity contribution in [2.75, 3.05) is 14.2 Å². The molecule has 0 aliphatic carbocycles. The van der Waals surface area contributed by atoms with Gasteiger partial charge in [0.25, 0.3) is 0 Å². The van der Waals surface area contributed by atoms with E-state index in [2.05, 4.69) is 36.4 Å². The van der Waals surface area contributed by atoms with Gasteiger partial charge in [-0.1, -0.05) is 23.5 Å². The molecule has 1 heterocycles. The van der Waals surface area contributed by atoms with Gasteiger partial charge in [0, 0.05) is 25.8 Å². The maximum absolute atomic E-state index is 5.25. The van der Waals surface area contributed by atoms with Gasteiger partial charge in [0.05, 0.1) is 19.9 Å². The SMILES string of the molecule is COc1ccc(Sc2ccc(Sc3ccc(OC)cc3)c3nc(C)cnc23)cc1. The molecule has 4 rings (SSSR count). The molecule has 0 unspecified atom stereocenters. The van der Waals surface area contributed by atoms with Gasteiger partial charge >= 0.3 is 0 Å². The first-order chi connectivity index (χ1) is 14.2. The molecule has 0 saturated heterocycles. The molecule has 6 heteroatoms. The van der Waals surface area contributed by atoms with Crippen LogP contribution in [0.4, 0.5) is 0 Å². The smallest absolute Gasteiger partial charge is 0.118 e. The Kier molecular flexibility index (Phi) is 5.92. The molecule has 0 N–H and O–H groups in total. The lowest BCUT2D eigenvalue weighted by Gasteiger charge is -2.11. The highest BCUT2D eigenvalue weighted by Crippen LogP contribution is 2.39. The summed E-state index contributed by atoms with van der Waals surface area (Å²) < 4.78 is 10.5. The molecular formula is C23H20N2O2S2. The Labute approximate surface area is 178 Å². The summed E-state index contributed by atoms with van der Waals surface area (Å²) in [5.74, 6) is 1.70. The minimum atomic E-state index is 0.848. The lowest BCUT2D eigenvalue weighted by Crippen LogP contribution is -1.92. The third kappa shape index (κ3) is 4.49. The van der Waals surface area contributed by atoms with E-state index < -0.39 is 0 Å². The summed E-state index contributed by atoms with van der Waals surface area (Å²) in [5, 5.41) is 0. The van der Waals surface area contributed by atoms with Gasteiger partial charge in [-0.05, 0) is 67.6 Å². The highest BCUT2D eigenvalue weighted by atomic mass is 32.2. The van der Waals surface area contributed by atoms with Crippen LogP contribution in [-0.2, 0) is 0 Å². The van der Waals surface area contributed by atoms with Gasteiger partial charge in [0.15, 0.2) is 0 Å². The largest absolute Gasteiger partial charge is 0.497 e. The van der Waals surface area contributed by atoms with E-state index in [0.717, 1.165) is 47.8 Å². The van der Waals surface area contributed by atoms with Crippen molar-refractivity contribution in [3.63, 3.8) is 0 Å².